The lowest BCUT2D eigenvalue weighted by Crippen LogP contribution is -1.95. The van der Waals surface area contributed by atoms with Crippen LogP contribution in [0.3, 0.4) is 0 Å². The van der Waals surface area contributed by atoms with Crippen LogP contribution in [-0.2, 0) is 6.54 Å². The van der Waals surface area contributed by atoms with E-state index in [2.05, 4.69) is 26.7 Å². The Hall–Kier alpha value is -2.21. The zero-order valence-corrected chi connectivity index (χ0v) is 12.0. The number of aryl methyl sites for hydroxylation is 1. The van der Waals surface area contributed by atoms with Gasteiger partial charge in [-0.15, -0.1) is 0 Å². The molecule has 0 saturated heterocycles. The van der Waals surface area contributed by atoms with Crippen molar-refractivity contribution in [3.8, 4) is 11.4 Å². The van der Waals surface area contributed by atoms with Gasteiger partial charge in [0.2, 0.25) is 5.13 Å². The molecule has 20 heavy (non-hydrogen) atoms. The number of rotatable bonds is 5. The predicted octanol–water partition coefficient (Wildman–Crippen LogP) is 3.56. The molecule has 0 spiro atoms. The van der Waals surface area contributed by atoms with Crippen molar-refractivity contribution in [2.24, 2.45) is 0 Å². The smallest absolute Gasteiger partial charge is 0.207 e. The van der Waals surface area contributed by atoms with Gasteiger partial charge in [-0.05, 0) is 6.42 Å². The molecule has 0 radical (unpaired) electrons. The van der Waals surface area contributed by atoms with Crippen molar-refractivity contribution in [3.63, 3.8) is 0 Å². The Balaban J connectivity index is 1.73. The Labute approximate surface area is 121 Å². The molecule has 6 heteroatoms. The van der Waals surface area contributed by atoms with E-state index in [1.807, 2.05) is 41.2 Å². The number of aromatic nitrogens is 4. The lowest BCUT2D eigenvalue weighted by atomic mass is 10.2. The Bertz CT molecular complexity index is 674. The molecule has 5 nitrogen and oxygen atoms in total. The Morgan fingerprint density at radius 1 is 1.25 bits per heavy atom. The molecule has 0 aliphatic rings. The van der Waals surface area contributed by atoms with Gasteiger partial charge in [0, 0.05) is 29.8 Å². The first-order chi connectivity index (χ1) is 9.85. The maximum absolute atomic E-state index is 4.49. The molecule has 0 bridgehead atoms. The van der Waals surface area contributed by atoms with Gasteiger partial charge in [-0.2, -0.15) is 14.5 Å². The average Bonchev–Trinajstić information content (AvgIpc) is 3.11. The average molecular weight is 285 g/mol. The normalized spacial score (nSPS) is 10.7. The minimum Gasteiger partial charge on any atom is -0.328 e. The number of benzene rings is 1. The molecule has 1 N–H and O–H groups in total. The maximum Gasteiger partial charge on any atom is 0.207 e. The van der Waals surface area contributed by atoms with Crippen molar-refractivity contribution in [3.05, 3.63) is 42.7 Å². The van der Waals surface area contributed by atoms with Crippen molar-refractivity contribution in [2.75, 3.05) is 5.32 Å². The fourth-order valence-corrected chi connectivity index (χ4v) is 2.49. The number of nitrogens with one attached hydrogen (secondary N) is 1. The third kappa shape index (κ3) is 2.85. The van der Waals surface area contributed by atoms with Gasteiger partial charge in [0.25, 0.3) is 0 Å². The van der Waals surface area contributed by atoms with E-state index in [4.69, 9.17) is 0 Å². The van der Waals surface area contributed by atoms with Gasteiger partial charge in [-0.25, -0.2) is 0 Å². The highest BCUT2D eigenvalue weighted by atomic mass is 32.1. The quantitative estimate of drug-likeness (QED) is 0.779. The SMILES string of the molecule is CCCn1cc(Nc2nc(-c3ccccc3)ns2)cn1. The van der Waals surface area contributed by atoms with Crippen LogP contribution in [0, 0.1) is 0 Å². The molecular formula is C14H15N5S. The second kappa shape index (κ2) is 5.83. The summed E-state index contributed by atoms with van der Waals surface area (Å²) in [4.78, 5) is 4.49. The fourth-order valence-electron chi connectivity index (χ4n) is 1.88. The third-order valence-electron chi connectivity index (χ3n) is 2.80. The Morgan fingerprint density at radius 3 is 2.90 bits per heavy atom. The second-order valence-corrected chi connectivity index (χ2v) is 5.16. The van der Waals surface area contributed by atoms with Gasteiger partial charge in [0.15, 0.2) is 5.82 Å². The topological polar surface area (TPSA) is 55.6 Å². The lowest BCUT2D eigenvalue weighted by molar-refractivity contribution is 0.603. The largest absolute Gasteiger partial charge is 0.328 e. The first kappa shape index (κ1) is 12.8. The van der Waals surface area contributed by atoms with Crippen LogP contribution in [0.2, 0.25) is 0 Å². The van der Waals surface area contributed by atoms with Crippen molar-refractivity contribution in [2.45, 2.75) is 19.9 Å². The van der Waals surface area contributed by atoms with Gasteiger partial charge >= 0.3 is 0 Å². The summed E-state index contributed by atoms with van der Waals surface area (Å²) in [6, 6.07) is 9.96. The standard InChI is InChI=1S/C14H15N5S/c1-2-8-19-10-12(9-15-19)16-14-17-13(18-20-14)11-6-4-3-5-7-11/h3-7,9-10H,2,8H2,1H3,(H,16,17,18). The van der Waals surface area contributed by atoms with Crippen LogP contribution in [0.15, 0.2) is 42.7 Å². The maximum atomic E-state index is 4.49. The van der Waals surface area contributed by atoms with E-state index in [9.17, 15) is 0 Å². The first-order valence-corrected chi connectivity index (χ1v) is 7.31. The fraction of sp³-hybridized carbons (Fsp3) is 0.214. The molecule has 0 amide bonds. The number of hydrogen-bond acceptors (Lipinski definition) is 5. The summed E-state index contributed by atoms with van der Waals surface area (Å²) in [6.07, 6.45) is 4.85. The van der Waals surface area contributed by atoms with E-state index < -0.39 is 0 Å². The van der Waals surface area contributed by atoms with E-state index >= 15 is 0 Å². The molecule has 0 aliphatic carbocycles. The van der Waals surface area contributed by atoms with Crippen molar-refractivity contribution < 1.29 is 0 Å². The van der Waals surface area contributed by atoms with E-state index in [1.165, 1.54) is 11.5 Å². The van der Waals surface area contributed by atoms with Gasteiger partial charge in [0.05, 0.1) is 11.9 Å². The highest BCUT2D eigenvalue weighted by Gasteiger charge is 2.07. The highest BCUT2D eigenvalue weighted by Crippen LogP contribution is 2.23. The van der Waals surface area contributed by atoms with E-state index in [0.29, 0.717) is 0 Å². The van der Waals surface area contributed by atoms with E-state index in [-0.39, 0.29) is 0 Å². The van der Waals surface area contributed by atoms with Gasteiger partial charge < -0.3 is 5.32 Å². The molecule has 2 aromatic heterocycles. The summed E-state index contributed by atoms with van der Waals surface area (Å²) in [5, 5.41) is 8.29. The molecular weight excluding hydrogens is 270 g/mol. The summed E-state index contributed by atoms with van der Waals surface area (Å²) >= 11 is 1.35. The first-order valence-electron chi connectivity index (χ1n) is 6.54. The van der Waals surface area contributed by atoms with E-state index in [0.717, 1.165) is 35.2 Å². The van der Waals surface area contributed by atoms with Crippen LogP contribution in [0.5, 0.6) is 0 Å². The minimum absolute atomic E-state index is 0.749. The van der Waals surface area contributed by atoms with Crippen LogP contribution < -0.4 is 5.32 Å². The van der Waals surface area contributed by atoms with Gasteiger partial charge in [0.1, 0.15) is 0 Å². The summed E-state index contributed by atoms with van der Waals surface area (Å²) in [5.41, 5.74) is 1.97. The molecule has 3 aromatic rings. The van der Waals surface area contributed by atoms with Crippen LogP contribution in [-0.4, -0.2) is 19.1 Å². The molecule has 3 rings (SSSR count). The predicted molar refractivity (Wildman–Crippen MR) is 81.1 cm³/mol. The van der Waals surface area contributed by atoms with Gasteiger partial charge in [-0.3, -0.25) is 4.68 Å². The molecule has 1 aromatic carbocycles. The van der Waals surface area contributed by atoms with Crippen LogP contribution in [0.4, 0.5) is 10.8 Å². The summed E-state index contributed by atoms with van der Waals surface area (Å²) in [7, 11) is 0. The molecule has 0 saturated carbocycles. The zero-order chi connectivity index (χ0) is 13.8. The lowest BCUT2D eigenvalue weighted by Gasteiger charge is -1.97. The van der Waals surface area contributed by atoms with Crippen LogP contribution in [0.1, 0.15) is 13.3 Å². The Kier molecular flexibility index (Phi) is 3.73. The van der Waals surface area contributed by atoms with Crippen molar-refractivity contribution in [1.82, 2.24) is 19.1 Å². The van der Waals surface area contributed by atoms with E-state index in [1.54, 1.807) is 6.20 Å². The Morgan fingerprint density at radius 2 is 2.10 bits per heavy atom. The molecule has 102 valence electrons. The summed E-state index contributed by atoms with van der Waals surface area (Å²) in [5.74, 6) is 0.749. The number of hydrogen-bond donors (Lipinski definition) is 1. The summed E-state index contributed by atoms with van der Waals surface area (Å²) in [6.45, 7) is 3.05. The number of anilines is 2. The number of nitrogens with zero attached hydrogens (tertiary/aromatic N) is 4. The molecule has 0 fully saturated rings. The van der Waals surface area contributed by atoms with Crippen LogP contribution >= 0.6 is 11.5 Å². The van der Waals surface area contributed by atoms with Crippen molar-refractivity contribution in [1.29, 1.82) is 0 Å². The molecule has 0 unspecified atom stereocenters. The highest BCUT2D eigenvalue weighted by molar-refractivity contribution is 7.09. The zero-order valence-electron chi connectivity index (χ0n) is 11.2. The molecule has 2 heterocycles. The second-order valence-electron chi connectivity index (χ2n) is 4.41. The van der Waals surface area contributed by atoms with Gasteiger partial charge in [-0.1, -0.05) is 37.3 Å². The minimum atomic E-state index is 0.749. The molecule has 0 aliphatic heterocycles. The van der Waals surface area contributed by atoms with Crippen molar-refractivity contribution >= 4 is 22.4 Å². The third-order valence-corrected chi connectivity index (χ3v) is 3.43. The molecule has 0 atom stereocenters. The monoisotopic (exact) mass is 285 g/mol. The summed E-state index contributed by atoms with van der Waals surface area (Å²) < 4.78 is 6.28. The van der Waals surface area contributed by atoms with Crippen LogP contribution in [0.25, 0.3) is 11.4 Å².